The number of halogens is 3. The molecule has 1 aliphatic heterocycles. The van der Waals surface area contributed by atoms with E-state index in [9.17, 15) is 19.2 Å². The molecule has 0 aromatic heterocycles. The third kappa shape index (κ3) is 3.64. The van der Waals surface area contributed by atoms with Crippen LogP contribution in [0.5, 0.6) is 0 Å². The van der Waals surface area contributed by atoms with Gasteiger partial charge in [-0.05, 0) is 49.4 Å². The molecule has 0 spiro atoms. The molecule has 2 aliphatic carbocycles. The molecule has 7 nitrogen and oxygen atoms in total. The Morgan fingerprint density at radius 3 is 2.17 bits per heavy atom. The number of alkyl halides is 2. The summed E-state index contributed by atoms with van der Waals surface area (Å²) in [6.45, 7) is 0.964. The molecule has 7 atom stereocenters. The first-order chi connectivity index (χ1) is 14.2. The Kier molecular flexibility index (Phi) is 6.11. The third-order valence-corrected chi connectivity index (χ3v) is 9.96. The highest BCUT2D eigenvalue weighted by atomic mass is 79.9. The van der Waals surface area contributed by atoms with Gasteiger partial charge in [0, 0.05) is 19.8 Å². The van der Waals surface area contributed by atoms with Crippen molar-refractivity contribution in [1.82, 2.24) is 4.90 Å². The maximum atomic E-state index is 13.0. The fourth-order valence-electron chi connectivity index (χ4n) is 4.85. The Labute approximate surface area is 198 Å². The highest BCUT2D eigenvalue weighted by Gasteiger charge is 2.67. The molecule has 2 saturated carbocycles. The lowest BCUT2D eigenvalue weighted by atomic mass is 9.81. The number of carbonyl (C=O) groups is 4. The molecule has 3 amide bonds. The second kappa shape index (κ2) is 8.35. The molecule has 30 heavy (non-hydrogen) atoms. The predicted molar refractivity (Wildman–Crippen MR) is 119 cm³/mol. The average molecular weight is 607 g/mol. The smallest absolute Gasteiger partial charge is 0.329 e. The molecular formula is C20H19Br3N2O5. The van der Waals surface area contributed by atoms with Gasteiger partial charge in [0.1, 0.15) is 6.04 Å². The SMILES string of the molecule is C[C@H](C(=O)OCC(=O)Nc1ccc(Br)cc1)N1C(=O)[C@@H]2[C@H]3C[C@@H]([C@@H](Br)[C@H]3Br)[C@H]2C1=O. The molecule has 0 radical (unpaired) electrons. The van der Waals surface area contributed by atoms with Gasteiger partial charge in [-0.3, -0.25) is 19.3 Å². The molecule has 1 aromatic rings. The van der Waals surface area contributed by atoms with E-state index in [2.05, 4.69) is 53.1 Å². The van der Waals surface area contributed by atoms with Crippen LogP contribution in [0, 0.1) is 23.7 Å². The highest BCUT2D eigenvalue weighted by Crippen LogP contribution is 2.60. The summed E-state index contributed by atoms with van der Waals surface area (Å²) in [7, 11) is 0. The van der Waals surface area contributed by atoms with Gasteiger partial charge >= 0.3 is 5.97 Å². The van der Waals surface area contributed by atoms with Crippen molar-refractivity contribution in [1.29, 1.82) is 0 Å². The van der Waals surface area contributed by atoms with Crippen molar-refractivity contribution in [3.05, 3.63) is 28.7 Å². The first kappa shape index (κ1) is 22.0. The zero-order valence-electron chi connectivity index (χ0n) is 15.9. The van der Waals surface area contributed by atoms with Gasteiger partial charge < -0.3 is 10.1 Å². The molecule has 1 N–H and O–H groups in total. The van der Waals surface area contributed by atoms with Gasteiger partial charge in [-0.25, -0.2) is 4.79 Å². The zero-order valence-corrected chi connectivity index (χ0v) is 20.6. The number of nitrogens with one attached hydrogen (secondary N) is 1. The fraction of sp³-hybridized carbons (Fsp3) is 0.500. The molecule has 3 fully saturated rings. The van der Waals surface area contributed by atoms with Crippen LogP contribution in [0.2, 0.25) is 0 Å². The maximum Gasteiger partial charge on any atom is 0.329 e. The van der Waals surface area contributed by atoms with Gasteiger partial charge in [0.15, 0.2) is 6.61 Å². The number of carbonyl (C=O) groups excluding carboxylic acids is 4. The van der Waals surface area contributed by atoms with Gasteiger partial charge in [-0.15, -0.1) is 0 Å². The molecule has 4 rings (SSSR count). The Balaban J connectivity index is 1.36. The second-order valence-electron chi connectivity index (χ2n) is 7.89. The van der Waals surface area contributed by atoms with Crippen LogP contribution in [0.1, 0.15) is 13.3 Å². The molecule has 1 heterocycles. The number of hydrogen-bond acceptors (Lipinski definition) is 5. The monoisotopic (exact) mass is 604 g/mol. The van der Waals surface area contributed by atoms with Gasteiger partial charge in [-0.1, -0.05) is 47.8 Å². The number of hydrogen-bond donors (Lipinski definition) is 1. The molecule has 10 heteroatoms. The van der Waals surface area contributed by atoms with Gasteiger partial charge in [0.2, 0.25) is 11.8 Å². The number of nitrogens with zero attached hydrogens (tertiary/aromatic N) is 1. The second-order valence-corrected chi connectivity index (χ2v) is 10.9. The van der Waals surface area contributed by atoms with Crippen LogP contribution in [0.3, 0.4) is 0 Å². The number of benzene rings is 1. The lowest BCUT2D eigenvalue weighted by molar-refractivity contribution is -0.159. The van der Waals surface area contributed by atoms with E-state index in [1.807, 2.05) is 0 Å². The number of ether oxygens (including phenoxy) is 1. The van der Waals surface area contributed by atoms with Gasteiger partial charge in [0.05, 0.1) is 11.8 Å². The minimum Gasteiger partial charge on any atom is -0.454 e. The molecule has 3 aliphatic rings. The van der Waals surface area contributed by atoms with E-state index in [-0.39, 0.29) is 33.3 Å². The number of esters is 1. The lowest BCUT2D eigenvalue weighted by Crippen LogP contribution is -2.45. The zero-order chi connectivity index (χ0) is 21.7. The largest absolute Gasteiger partial charge is 0.454 e. The normalized spacial score (nSPS) is 32.9. The maximum absolute atomic E-state index is 13.0. The number of likely N-dealkylation sites (tertiary alicyclic amines) is 1. The summed E-state index contributed by atoms with van der Waals surface area (Å²) in [5.41, 5.74) is 0.564. The highest BCUT2D eigenvalue weighted by molar-refractivity contribution is 9.12. The van der Waals surface area contributed by atoms with E-state index >= 15 is 0 Å². The quantitative estimate of drug-likeness (QED) is 0.316. The van der Waals surface area contributed by atoms with Gasteiger partial charge in [-0.2, -0.15) is 0 Å². The summed E-state index contributed by atoms with van der Waals surface area (Å²) >= 11 is 10.6. The number of fused-ring (bicyclic) bond motifs is 5. The van der Waals surface area contributed by atoms with Crippen molar-refractivity contribution in [3.63, 3.8) is 0 Å². The first-order valence-electron chi connectivity index (χ1n) is 9.57. The first-order valence-corrected chi connectivity index (χ1v) is 12.2. The van der Waals surface area contributed by atoms with Gasteiger partial charge in [0.25, 0.3) is 5.91 Å². The van der Waals surface area contributed by atoms with E-state index in [1.54, 1.807) is 24.3 Å². The van der Waals surface area contributed by atoms with Crippen molar-refractivity contribution in [2.75, 3.05) is 11.9 Å². The standard InChI is InChI=1S/C20H19Br3N2O5/c1-8(20(29)30-7-13(26)24-10-4-2-9(21)3-5-10)25-18(27)14-11-6-12(15(14)19(25)28)17(23)16(11)22/h2-5,8,11-12,14-17H,6-7H2,1H3,(H,24,26)/t8-,11-,12-,14-,15-,16-,17+/m1/s1. The topological polar surface area (TPSA) is 92.8 Å². The predicted octanol–water partition coefficient (Wildman–Crippen LogP) is 3.10. The van der Waals surface area contributed by atoms with Crippen LogP contribution in [-0.4, -0.2) is 50.9 Å². The molecule has 1 aromatic carbocycles. The summed E-state index contributed by atoms with van der Waals surface area (Å²) in [5, 5.41) is 2.62. The Hall–Kier alpha value is -1.26. The van der Waals surface area contributed by atoms with Crippen LogP contribution >= 0.6 is 47.8 Å². The van der Waals surface area contributed by atoms with E-state index in [1.165, 1.54) is 6.92 Å². The molecular weight excluding hydrogens is 588 g/mol. The van der Waals surface area contributed by atoms with Crippen molar-refractivity contribution >= 4 is 77.2 Å². The van der Waals surface area contributed by atoms with Crippen LogP contribution in [0.4, 0.5) is 5.69 Å². The van der Waals surface area contributed by atoms with E-state index in [4.69, 9.17) is 4.74 Å². The average Bonchev–Trinajstić information content (AvgIpc) is 3.32. The van der Waals surface area contributed by atoms with Crippen molar-refractivity contribution < 1.29 is 23.9 Å². The van der Waals surface area contributed by atoms with Crippen LogP contribution in [0.25, 0.3) is 0 Å². The van der Waals surface area contributed by atoms with Crippen LogP contribution in [-0.2, 0) is 23.9 Å². The Bertz CT molecular complexity index is 876. The number of rotatable bonds is 5. The fourth-order valence-corrected chi connectivity index (χ4v) is 6.98. The molecule has 160 valence electrons. The lowest BCUT2D eigenvalue weighted by Gasteiger charge is -2.28. The Morgan fingerprint density at radius 2 is 1.63 bits per heavy atom. The molecule has 1 saturated heterocycles. The third-order valence-electron chi connectivity index (χ3n) is 6.22. The minimum atomic E-state index is -1.07. The minimum absolute atomic E-state index is 0.0748. The van der Waals surface area contributed by atoms with E-state index in [0.717, 1.165) is 15.8 Å². The van der Waals surface area contributed by atoms with Crippen LogP contribution < -0.4 is 5.32 Å². The summed E-state index contributed by atoms with van der Waals surface area (Å²) in [6.07, 6.45) is 0.821. The van der Waals surface area contributed by atoms with Crippen molar-refractivity contribution in [3.8, 4) is 0 Å². The van der Waals surface area contributed by atoms with E-state index in [0.29, 0.717) is 5.69 Å². The molecule has 2 bridgehead atoms. The Morgan fingerprint density at radius 1 is 1.10 bits per heavy atom. The van der Waals surface area contributed by atoms with Crippen LogP contribution in [0.15, 0.2) is 28.7 Å². The number of imide groups is 1. The summed E-state index contributed by atoms with van der Waals surface area (Å²) in [4.78, 5) is 51.8. The number of amides is 3. The van der Waals surface area contributed by atoms with Crippen molar-refractivity contribution in [2.45, 2.75) is 29.0 Å². The molecule has 0 unspecified atom stereocenters. The summed E-state index contributed by atoms with van der Waals surface area (Å²) in [6, 6.07) is 5.88. The number of anilines is 1. The van der Waals surface area contributed by atoms with E-state index < -0.39 is 36.4 Å². The summed E-state index contributed by atoms with van der Waals surface area (Å²) in [5.74, 6) is -2.54. The van der Waals surface area contributed by atoms with Crippen molar-refractivity contribution in [2.24, 2.45) is 23.7 Å². The summed E-state index contributed by atoms with van der Waals surface area (Å²) < 4.78 is 5.95.